The van der Waals surface area contributed by atoms with Gasteiger partial charge >= 0.3 is 5.97 Å². The van der Waals surface area contributed by atoms with E-state index in [1.54, 1.807) is 14.2 Å². The first-order chi connectivity index (χ1) is 11.0. The Morgan fingerprint density at radius 1 is 1.22 bits per heavy atom. The minimum absolute atomic E-state index is 0.207. The van der Waals surface area contributed by atoms with Crippen molar-refractivity contribution in [2.45, 2.75) is 39.0 Å². The van der Waals surface area contributed by atoms with Crippen LogP contribution in [0.1, 0.15) is 38.2 Å². The molecule has 130 valence electrons. The number of benzene rings is 1. The van der Waals surface area contributed by atoms with E-state index < -0.39 is 11.9 Å². The summed E-state index contributed by atoms with van der Waals surface area (Å²) in [5.74, 6) is 0.758. The van der Waals surface area contributed by atoms with Crippen LogP contribution in [0.3, 0.4) is 0 Å². The van der Waals surface area contributed by atoms with Crippen LogP contribution in [0.15, 0.2) is 18.2 Å². The lowest BCUT2D eigenvalue weighted by Gasteiger charge is -2.19. The molecule has 0 amide bonds. The Balaban J connectivity index is 2.55. The van der Waals surface area contributed by atoms with Crippen molar-refractivity contribution >= 4 is 5.97 Å². The Labute approximate surface area is 138 Å². The molecule has 0 heterocycles. The van der Waals surface area contributed by atoms with Crippen molar-refractivity contribution < 1.29 is 19.4 Å². The van der Waals surface area contributed by atoms with Gasteiger partial charge in [-0.05, 0) is 42.9 Å². The average Bonchev–Trinajstić information content (AvgIpc) is 2.57. The van der Waals surface area contributed by atoms with Crippen molar-refractivity contribution in [3.05, 3.63) is 23.8 Å². The van der Waals surface area contributed by atoms with Gasteiger partial charge in [-0.2, -0.15) is 0 Å². The predicted molar refractivity (Wildman–Crippen MR) is 91.1 cm³/mol. The Morgan fingerprint density at radius 3 is 2.26 bits per heavy atom. The van der Waals surface area contributed by atoms with Crippen LogP contribution in [-0.4, -0.2) is 31.8 Å². The molecule has 1 aromatic carbocycles. The van der Waals surface area contributed by atoms with Crippen molar-refractivity contribution in [3.8, 4) is 11.5 Å². The molecule has 0 radical (unpaired) electrons. The molecule has 2 atom stereocenters. The average molecular weight is 323 g/mol. The highest BCUT2D eigenvalue weighted by atomic mass is 16.5. The SMILES string of the molecule is CCC(CCCc1cc(OC)cc(OC)c1)CC(CN)C(=O)O. The molecule has 0 saturated carbocycles. The van der Waals surface area contributed by atoms with Crippen LogP contribution in [0.4, 0.5) is 0 Å². The van der Waals surface area contributed by atoms with Crippen molar-refractivity contribution in [2.24, 2.45) is 17.6 Å². The van der Waals surface area contributed by atoms with E-state index in [2.05, 4.69) is 6.92 Å². The van der Waals surface area contributed by atoms with E-state index in [0.717, 1.165) is 37.2 Å². The van der Waals surface area contributed by atoms with Gasteiger partial charge in [0.2, 0.25) is 0 Å². The molecule has 0 spiro atoms. The number of methoxy groups -OCH3 is 2. The first kappa shape index (κ1) is 19.3. The van der Waals surface area contributed by atoms with Gasteiger partial charge in [-0.1, -0.05) is 19.8 Å². The molecule has 23 heavy (non-hydrogen) atoms. The van der Waals surface area contributed by atoms with E-state index in [-0.39, 0.29) is 6.54 Å². The van der Waals surface area contributed by atoms with Crippen LogP contribution >= 0.6 is 0 Å². The summed E-state index contributed by atoms with van der Waals surface area (Å²) in [6, 6.07) is 5.89. The first-order valence-electron chi connectivity index (χ1n) is 8.18. The van der Waals surface area contributed by atoms with Gasteiger partial charge in [0.25, 0.3) is 0 Å². The van der Waals surface area contributed by atoms with Crippen molar-refractivity contribution in [1.82, 2.24) is 0 Å². The fraction of sp³-hybridized carbons (Fsp3) is 0.611. The third kappa shape index (κ3) is 6.48. The highest BCUT2D eigenvalue weighted by Gasteiger charge is 2.20. The number of carboxylic acids is 1. The molecule has 1 aromatic rings. The van der Waals surface area contributed by atoms with Gasteiger partial charge < -0.3 is 20.3 Å². The summed E-state index contributed by atoms with van der Waals surface area (Å²) in [6.45, 7) is 2.31. The van der Waals surface area contributed by atoms with Crippen LogP contribution in [-0.2, 0) is 11.2 Å². The maximum absolute atomic E-state index is 11.1. The minimum Gasteiger partial charge on any atom is -0.497 e. The zero-order chi connectivity index (χ0) is 17.2. The summed E-state index contributed by atoms with van der Waals surface area (Å²) in [5, 5.41) is 9.13. The summed E-state index contributed by atoms with van der Waals surface area (Å²) >= 11 is 0. The second-order valence-corrected chi connectivity index (χ2v) is 5.89. The molecular formula is C18H29NO4. The lowest BCUT2D eigenvalue weighted by molar-refractivity contribution is -0.142. The van der Waals surface area contributed by atoms with E-state index in [4.69, 9.17) is 20.3 Å². The number of ether oxygens (including phenoxy) is 2. The number of hydrogen-bond acceptors (Lipinski definition) is 4. The topological polar surface area (TPSA) is 81.8 Å². The van der Waals surface area contributed by atoms with Gasteiger partial charge in [-0.15, -0.1) is 0 Å². The number of carboxylic acid groups (broad SMARTS) is 1. The molecule has 5 nitrogen and oxygen atoms in total. The Hall–Kier alpha value is -1.75. The normalized spacial score (nSPS) is 13.4. The summed E-state index contributed by atoms with van der Waals surface area (Å²) < 4.78 is 10.6. The molecule has 0 fully saturated rings. The fourth-order valence-corrected chi connectivity index (χ4v) is 2.79. The van der Waals surface area contributed by atoms with E-state index >= 15 is 0 Å². The molecule has 0 saturated heterocycles. The highest BCUT2D eigenvalue weighted by molar-refractivity contribution is 5.70. The van der Waals surface area contributed by atoms with Crippen LogP contribution in [0.5, 0.6) is 11.5 Å². The number of rotatable bonds is 11. The molecule has 2 unspecified atom stereocenters. The van der Waals surface area contributed by atoms with E-state index in [0.29, 0.717) is 12.3 Å². The van der Waals surface area contributed by atoms with E-state index in [9.17, 15) is 4.79 Å². The maximum Gasteiger partial charge on any atom is 0.307 e. The zero-order valence-corrected chi connectivity index (χ0v) is 14.4. The molecule has 3 N–H and O–H groups in total. The number of nitrogens with two attached hydrogens (primary N) is 1. The molecular weight excluding hydrogens is 294 g/mol. The Kier molecular flexibility index (Phi) is 8.48. The lowest BCUT2D eigenvalue weighted by Crippen LogP contribution is -2.25. The number of hydrogen-bond donors (Lipinski definition) is 2. The van der Waals surface area contributed by atoms with Gasteiger partial charge in [0.15, 0.2) is 0 Å². The molecule has 5 heteroatoms. The van der Waals surface area contributed by atoms with Crippen molar-refractivity contribution in [2.75, 3.05) is 20.8 Å². The molecule has 0 bridgehead atoms. The monoisotopic (exact) mass is 323 g/mol. The summed E-state index contributed by atoms with van der Waals surface area (Å²) in [7, 11) is 3.29. The molecule has 0 aromatic heterocycles. The second kappa shape index (κ2) is 10.1. The third-order valence-electron chi connectivity index (χ3n) is 4.32. The van der Waals surface area contributed by atoms with Crippen LogP contribution in [0.25, 0.3) is 0 Å². The maximum atomic E-state index is 11.1. The highest BCUT2D eigenvalue weighted by Crippen LogP contribution is 2.26. The minimum atomic E-state index is -0.788. The standard InChI is InChI=1S/C18H29NO4/c1-4-13(8-15(12-19)18(20)21)6-5-7-14-9-16(22-2)11-17(10-14)23-3/h9-11,13,15H,4-8,12,19H2,1-3H3,(H,20,21). The number of carbonyl (C=O) groups is 1. The van der Waals surface area contributed by atoms with Gasteiger partial charge in [0.05, 0.1) is 20.1 Å². The quantitative estimate of drug-likeness (QED) is 0.654. The van der Waals surface area contributed by atoms with E-state index in [1.807, 2.05) is 18.2 Å². The summed E-state index contributed by atoms with van der Waals surface area (Å²) in [5.41, 5.74) is 6.72. The van der Waals surface area contributed by atoms with Crippen LogP contribution in [0.2, 0.25) is 0 Å². The molecule has 0 aliphatic heterocycles. The summed E-state index contributed by atoms with van der Waals surface area (Å²) in [6.07, 6.45) is 4.56. The fourth-order valence-electron chi connectivity index (χ4n) is 2.79. The van der Waals surface area contributed by atoms with Gasteiger partial charge in [0.1, 0.15) is 11.5 Å². The predicted octanol–water partition coefficient (Wildman–Crippen LogP) is 3.10. The van der Waals surface area contributed by atoms with Gasteiger partial charge in [0, 0.05) is 12.6 Å². The third-order valence-corrected chi connectivity index (χ3v) is 4.32. The van der Waals surface area contributed by atoms with E-state index in [1.165, 1.54) is 5.56 Å². The van der Waals surface area contributed by atoms with Crippen molar-refractivity contribution in [3.63, 3.8) is 0 Å². The Bertz CT molecular complexity index is 468. The lowest BCUT2D eigenvalue weighted by atomic mass is 9.88. The van der Waals surface area contributed by atoms with Crippen LogP contribution in [0, 0.1) is 11.8 Å². The zero-order valence-electron chi connectivity index (χ0n) is 14.4. The number of aryl methyl sites for hydroxylation is 1. The van der Waals surface area contributed by atoms with Crippen molar-refractivity contribution in [1.29, 1.82) is 0 Å². The molecule has 0 aliphatic carbocycles. The first-order valence-corrected chi connectivity index (χ1v) is 8.18. The largest absolute Gasteiger partial charge is 0.497 e. The molecule has 0 aliphatic rings. The molecule has 1 rings (SSSR count). The van der Waals surface area contributed by atoms with Gasteiger partial charge in [-0.3, -0.25) is 4.79 Å². The summed E-state index contributed by atoms with van der Waals surface area (Å²) in [4.78, 5) is 11.1. The van der Waals surface area contributed by atoms with Crippen LogP contribution < -0.4 is 15.2 Å². The second-order valence-electron chi connectivity index (χ2n) is 5.89. The number of aliphatic carboxylic acids is 1. The smallest absolute Gasteiger partial charge is 0.307 e. The van der Waals surface area contributed by atoms with Gasteiger partial charge in [-0.25, -0.2) is 0 Å². The Morgan fingerprint density at radius 2 is 1.83 bits per heavy atom.